The summed E-state index contributed by atoms with van der Waals surface area (Å²) in [6, 6.07) is 5.49. The number of rotatable bonds is 6. The second-order valence-electron chi connectivity index (χ2n) is 4.93. The predicted octanol–water partition coefficient (Wildman–Crippen LogP) is 2.67. The summed E-state index contributed by atoms with van der Waals surface area (Å²) in [6.45, 7) is 6.77. The summed E-state index contributed by atoms with van der Waals surface area (Å²) in [4.78, 5) is 12.6. The Kier molecular flexibility index (Phi) is 5.41. The fourth-order valence-electron chi connectivity index (χ4n) is 2.53. The summed E-state index contributed by atoms with van der Waals surface area (Å²) in [5.41, 5.74) is 0.670. The molecular formula is C16H23NO3. The highest BCUT2D eigenvalue weighted by molar-refractivity contribution is 6.00. The van der Waals surface area contributed by atoms with Crippen LogP contribution in [0.5, 0.6) is 11.5 Å². The number of Topliss-reactive ketones (excluding diaryl/α,β-unsaturated/α-hetero) is 1. The number of hydrogen-bond donors (Lipinski definition) is 1. The number of carbonyl (C=O) groups excluding carboxylic acids is 1. The molecular weight excluding hydrogens is 254 g/mol. The van der Waals surface area contributed by atoms with Crippen LogP contribution in [0, 0.1) is 5.92 Å². The topological polar surface area (TPSA) is 47.6 Å². The molecule has 20 heavy (non-hydrogen) atoms. The van der Waals surface area contributed by atoms with Crippen molar-refractivity contribution in [3.63, 3.8) is 0 Å². The van der Waals surface area contributed by atoms with Gasteiger partial charge in [0.2, 0.25) is 0 Å². The molecule has 1 fully saturated rings. The normalized spacial score (nSPS) is 18.6. The Bertz CT molecular complexity index is 453. The molecule has 110 valence electrons. The van der Waals surface area contributed by atoms with E-state index in [4.69, 9.17) is 9.47 Å². The third-order valence-corrected chi connectivity index (χ3v) is 3.50. The average Bonchev–Trinajstić information content (AvgIpc) is 2.48. The SMILES string of the molecule is CCOc1ccc(C(=O)C2CCCNC2)c(OCC)c1. The highest BCUT2D eigenvalue weighted by atomic mass is 16.5. The summed E-state index contributed by atoms with van der Waals surface area (Å²) in [7, 11) is 0. The lowest BCUT2D eigenvalue weighted by Crippen LogP contribution is -2.34. The van der Waals surface area contributed by atoms with Crippen LogP contribution in [0.3, 0.4) is 0 Å². The lowest BCUT2D eigenvalue weighted by molar-refractivity contribution is 0.0895. The van der Waals surface area contributed by atoms with Gasteiger partial charge in [-0.05, 0) is 45.4 Å². The van der Waals surface area contributed by atoms with Crippen molar-refractivity contribution in [3.8, 4) is 11.5 Å². The molecule has 0 radical (unpaired) electrons. The van der Waals surface area contributed by atoms with Crippen molar-refractivity contribution in [2.24, 2.45) is 5.92 Å². The number of carbonyl (C=O) groups is 1. The maximum absolute atomic E-state index is 12.6. The lowest BCUT2D eigenvalue weighted by Gasteiger charge is -2.22. The summed E-state index contributed by atoms with van der Waals surface area (Å²) in [6.07, 6.45) is 2.00. The molecule has 1 aliphatic rings. The fraction of sp³-hybridized carbons (Fsp3) is 0.562. The van der Waals surface area contributed by atoms with Gasteiger partial charge >= 0.3 is 0 Å². The number of hydrogen-bond acceptors (Lipinski definition) is 4. The summed E-state index contributed by atoms with van der Waals surface area (Å²) in [5.74, 6) is 1.60. The average molecular weight is 277 g/mol. The number of ether oxygens (including phenoxy) is 2. The van der Waals surface area contributed by atoms with E-state index in [1.54, 1.807) is 0 Å². The number of nitrogens with one attached hydrogen (secondary N) is 1. The Morgan fingerprint density at radius 2 is 2.10 bits per heavy atom. The first-order valence-electron chi connectivity index (χ1n) is 7.40. The highest BCUT2D eigenvalue weighted by Gasteiger charge is 2.25. The molecule has 1 unspecified atom stereocenters. The molecule has 0 aliphatic carbocycles. The van der Waals surface area contributed by atoms with Gasteiger partial charge in [0.25, 0.3) is 0 Å². The van der Waals surface area contributed by atoms with Gasteiger partial charge in [-0.15, -0.1) is 0 Å². The number of benzene rings is 1. The van der Waals surface area contributed by atoms with Crippen LogP contribution in [0.2, 0.25) is 0 Å². The van der Waals surface area contributed by atoms with Crippen molar-refractivity contribution in [2.75, 3.05) is 26.3 Å². The van der Waals surface area contributed by atoms with Crippen molar-refractivity contribution in [1.29, 1.82) is 0 Å². The van der Waals surface area contributed by atoms with E-state index in [0.29, 0.717) is 24.5 Å². The first-order chi connectivity index (χ1) is 9.76. The number of piperidine rings is 1. The zero-order valence-electron chi connectivity index (χ0n) is 12.3. The van der Waals surface area contributed by atoms with Crippen LogP contribution in [0.1, 0.15) is 37.0 Å². The van der Waals surface area contributed by atoms with Crippen LogP contribution < -0.4 is 14.8 Å². The molecule has 0 amide bonds. The van der Waals surface area contributed by atoms with Crippen molar-refractivity contribution in [2.45, 2.75) is 26.7 Å². The second-order valence-corrected chi connectivity index (χ2v) is 4.93. The van der Waals surface area contributed by atoms with E-state index in [-0.39, 0.29) is 11.7 Å². The van der Waals surface area contributed by atoms with Gasteiger partial charge in [0, 0.05) is 18.5 Å². The zero-order chi connectivity index (χ0) is 14.4. The third kappa shape index (κ3) is 3.51. The molecule has 1 atom stereocenters. The van der Waals surface area contributed by atoms with Crippen molar-refractivity contribution in [1.82, 2.24) is 5.32 Å². The second kappa shape index (κ2) is 7.29. The van der Waals surface area contributed by atoms with E-state index in [1.807, 2.05) is 32.0 Å². The molecule has 2 rings (SSSR count). The molecule has 1 aliphatic heterocycles. The first-order valence-corrected chi connectivity index (χ1v) is 7.40. The molecule has 0 saturated carbocycles. The van der Waals surface area contributed by atoms with Gasteiger partial charge in [0.05, 0.1) is 18.8 Å². The van der Waals surface area contributed by atoms with Crippen molar-refractivity contribution < 1.29 is 14.3 Å². The molecule has 0 bridgehead atoms. The lowest BCUT2D eigenvalue weighted by atomic mass is 9.90. The van der Waals surface area contributed by atoms with Crippen molar-refractivity contribution in [3.05, 3.63) is 23.8 Å². The predicted molar refractivity (Wildman–Crippen MR) is 78.7 cm³/mol. The third-order valence-electron chi connectivity index (χ3n) is 3.50. The standard InChI is InChI=1S/C16H23NO3/c1-3-19-13-7-8-14(15(10-13)20-4-2)16(18)12-6-5-9-17-11-12/h7-8,10,12,17H,3-6,9,11H2,1-2H3. The quantitative estimate of drug-likeness (QED) is 0.812. The smallest absolute Gasteiger partial charge is 0.170 e. The maximum Gasteiger partial charge on any atom is 0.170 e. The van der Waals surface area contributed by atoms with E-state index < -0.39 is 0 Å². The van der Waals surface area contributed by atoms with E-state index in [1.165, 1.54) is 0 Å². The monoisotopic (exact) mass is 277 g/mol. The molecule has 1 heterocycles. The van der Waals surface area contributed by atoms with E-state index in [9.17, 15) is 4.79 Å². The molecule has 0 aromatic heterocycles. The minimum absolute atomic E-state index is 0.0564. The number of ketones is 1. The van der Waals surface area contributed by atoms with Gasteiger partial charge in [-0.25, -0.2) is 0 Å². The van der Waals surface area contributed by atoms with Gasteiger partial charge in [0.15, 0.2) is 5.78 Å². The van der Waals surface area contributed by atoms with E-state index in [0.717, 1.165) is 31.7 Å². The molecule has 4 nitrogen and oxygen atoms in total. The highest BCUT2D eigenvalue weighted by Crippen LogP contribution is 2.28. The largest absolute Gasteiger partial charge is 0.494 e. The summed E-state index contributed by atoms with van der Waals surface area (Å²) in [5, 5.41) is 3.28. The molecule has 1 aromatic carbocycles. The van der Waals surface area contributed by atoms with E-state index >= 15 is 0 Å². The molecule has 1 saturated heterocycles. The van der Waals surface area contributed by atoms with E-state index in [2.05, 4.69) is 5.32 Å². The summed E-state index contributed by atoms with van der Waals surface area (Å²) >= 11 is 0. The van der Waals surface area contributed by atoms with Gasteiger partial charge in [-0.2, -0.15) is 0 Å². The van der Waals surface area contributed by atoms with Crippen LogP contribution in [0.15, 0.2) is 18.2 Å². The molecule has 0 spiro atoms. The minimum atomic E-state index is 0.0564. The van der Waals surface area contributed by atoms with Crippen LogP contribution in [-0.2, 0) is 0 Å². The minimum Gasteiger partial charge on any atom is -0.494 e. The Morgan fingerprint density at radius 1 is 1.30 bits per heavy atom. The summed E-state index contributed by atoms with van der Waals surface area (Å²) < 4.78 is 11.1. The van der Waals surface area contributed by atoms with Gasteiger partial charge in [-0.1, -0.05) is 0 Å². The van der Waals surface area contributed by atoms with Gasteiger partial charge in [0.1, 0.15) is 11.5 Å². The Labute approximate surface area is 120 Å². The Hall–Kier alpha value is -1.55. The zero-order valence-corrected chi connectivity index (χ0v) is 12.3. The van der Waals surface area contributed by atoms with Crippen molar-refractivity contribution >= 4 is 5.78 Å². The molecule has 4 heteroatoms. The van der Waals surface area contributed by atoms with Crippen LogP contribution in [0.4, 0.5) is 0 Å². The van der Waals surface area contributed by atoms with Gasteiger partial charge < -0.3 is 14.8 Å². The Balaban J connectivity index is 2.22. The first kappa shape index (κ1) is 14.9. The Morgan fingerprint density at radius 3 is 2.75 bits per heavy atom. The van der Waals surface area contributed by atoms with Crippen LogP contribution in [-0.4, -0.2) is 32.1 Å². The van der Waals surface area contributed by atoms with Crippen LogP contribution in [0.25, 0.3) is 0 Å². The fourth-order valence-corrected chi connectivity index (χ4v) is 2.53. The molecule has 1 aromatic rings. The molecule has 1 N–H and O–H groups in total. The maximum atomic E-state index is 12.6. The van der Waals surface area contributed by atoms with Crippen LogP contribution >= 0.6 is 0 Å². The van der Waals surface area contributed by atoms with Gasteiger partial charge in [-0.3, -0.25) is 4.79 Å².